The van der Waals surface area contributed by atoms with E-state index in [-0.39, 0.29) is 0 Å². The van der Waals surface area contributed by atoms with Gasteiger partial charge in [-0.05, 0) is 43.1 Å². The van der Waals surface area contributed by atoms with Crippen molar-refractivity contribution >= 4 is 17.5 Å². The van der Waals surface area contributed by atoms with Gasteiger partial charge < -0.3 is 5.32 Å². The minimum atomic E-state index is 0.354. The fraction of sp³-hybridized carbons (Fsp3) is 0.917. The van der Waals surface area contributed by atoms with Crippen LogP contribution in [-0.2, 0) is 4.79 Å². The van der Waals surface area contributed by atoms with E-state index in [1.807, 2.05) is 0 Å². The molecule has 0 aromatic carbocycles. The van der Waals surface area contributed by atoms with E-state index in [0.717, 1.165) is 18.8 Å². The minimum absolute atomic E-state index is 0.354. The summed E-state index contributed by atoms with van der Waals surface area (Å²) in [5.74, 6) is 4.33. The second kappa shape index (κ2) is 4.10. The van der Waals surface area contributed by atoms with E-state index in [1.54, 1.807) is 0 Å². The van der Waals surface area contributed by atoms with Crippen LogP contribution in [0.2, 0.25) is 0 Å². The van der Waals surface area contributed by atoms with Gasteiger partial charge in [-0.2, -0.15) is 11.8 Å². The summed E-state index contributed by atoms with van der Waals surface area (Å²) in [4.78, 5) is 12.0. The Balaban J connectivity index is 1.65. The molecule has 0 aromatic heterocycles. The summed E-state index contributed by atoms with van der Waals surface area (Å²) >= 11 is 2.06. The summed E-state index contributed by atoms with van der Waals surface area (Å²) in [7, 11) is 0. The van der Waals surface area contributed by atoms with Gasteiger partial charge in [-0.15, -0.1) is 0 Å². The van der Waals surface area contributed by atoms with E-state index >= 15 is 0 Å². The van der Waals surface area contributed by atoms with Crippen molar-refractivity contribution in [2.75, 3.05) is 11.5 Å². The van der Waals surface area contributed by atoms with Crippen LogP contribution in [-0.4, -0.2) is 29.4 Å². The molecule has 3 rings (SSSR count). The highest BCUT2D eigenvalue weighted by atomic mass is 32.2. The fourth-order valence-corrected chi connectivity index (χ4v) is 4.67. The number of carbonyl (C=O) groups is 1. The van der Waals surface area contributed by atoms with Crippen molar-refractivity contribution < 1.29 is 4.79 Å². The maximum atomic E-state index is 12.0. The van der Waals surface area contributed by atoms with Crippen LogP contribution in [0, 0.1) is 11.8 Å². The molecule has 3 saturated heterocycles. The molecule has 84 valence electrons. The molecule has 3 heterocycles. The molecule has 0 saturated carbocycles. The van der Waals surface area contributed by atoms with Gasteiger partial charge in [-0.1, -0.05) is 0 Å². The quantitative estimate of drug-likeness (QED) is 0.777. The fourth-order valence-electron chi connectivity index (χ4n) is 3.37. The Morgan fingerprint density at radius 1 is 1.33 bits per heavy atom. The van der Waals surface area contributed by atoms with Gasteiger partial charge in [0.25, 0.3) is 0 Å². The number of ketones is 1. The van der Waals surface area contributed by atoms with Gasteiger partial charge in [-0.3, -0.25) is 4.79 Å². The largest absolute Gasteiger partial charge is 0.310 e. The van der Waals surface area contributed by atoms with Crippen molar-refractivity contribution in [1.29, 1.82) is 0 Å². The third-order valence-corrected chi connectivity index (χ3v) is 5.47. The molecule has 0 radical (unpaired) electrons. The number of nitrogens with one attached hydrogen (secondary N) is 1. The highest BCUT2D eigenvalue weighted by molar-refractivity contribution is 7.99. The first-order chi connectivity index (χ1) is 7.33. The lowest BCUT2D eigenvalue weighted by Crippen LogP contribution is -2.46. The molecule has 4 atom stereocenters. The van der Waals surface area contributed by atoms with Crippen molar-refractivity contribution in [2.24, 2.45) is 11.8 Å². The Labute approximate surface area is 95.6 Å². The van der Waals surface area contributed by atoms with E-state index in [9.17, 15) is 4.79 Å². The maximum Gasteiger partial charge on any atom is 0.139 e. The SMILES string of the molecule is O=C1CC2CCC(N2)C1CC1CCSC1. The zero-order valence-corrected chi connectivity index (χ0v) is 9.89. The number of fused-ring (bicyclic) bond motifs is 2. The van der Waals surface area contributed by atoms with Crippen molar-refractivity contribution in [1.82, 2.24) is 5.32 Å². The van der Waals surface area contributed by atoms with Crippen LogP contribution in [0.1, 0.15) is 32.1 Å². The van der Waals surface area contributed by atoms with Crippen LogP contribution in [0.5, 0.6) is 0 Å². The van der Waals surface area contributed by atoms with Crippen LogP contribution >= 0.6 is 11.8 Å². The third-order valence-electron chi connectivity index (χ3n) is 4.23. The highest BCUT2D eigenvalue weighted by Crippen LogP contribution is 2.36. The zero-order valence-electron chi connectivity index (χ0n) is 9.08. The number of hydrogen-bond acceptors (Lipinski definition) is 3. The lowest BCUT2D eigenvalue weighted by Gasteiger charge is -2.30. The summed E-state index contributed by atoms with van der Waals surface area (Å²) in [6, 6.07) is 1.05. The van der Waals surface area contributed by atoms with E-state index in [2.05, 4.69) is 17.1 Å². The first kappa shape index (κ1) is 10.2. The second-order valence-electron chi connectivity index (χ2n) is 5.29. The van der Waals surface area contributed by atoms with Crippen LogP contribution in [0.25, 0.3) is 0 Å². The Morgan fingerprint density at radius 3 is 3.07 bits per heavy atom. The molecule has 3 fully saturated rings. The molecule has 2 nitrogen and oxygen atoms in total. The molecule has 0 spiro atoms. The minimum Gasteiger partial charge on any atom is -0.310 e. The van der Waals surface area contributed by atoms with Gasteiger partial charge in [0.05, 0.1) is 0 Å². The topological polar surface area (TPSA) is 29.1 Å². The molecule has 2 bridgehead atoms. The van der Waals surface area contributed by atoms with Gasteiger partial charge in [0.2, 0.25) is 0 Å². The van der Waals surface area contributed by atoms with Crippen LogP contribution in [0.15, 0.2) is 0 Å². The average Bonchev–Trinajstić information content (AvgIpc) is 2.82. The summed E-state index contributed by atoms with van der Waals surface area (Å²) in [5, 5.41) is 3.62. The number of Topliss-reactive ketones (excluding diaryl/α,β-unsaturated/α-hetero) is 1. The molecule has 3 aliphatic rings. The smallest absolute Gasteiger partial charge is 0.139 e. The summed E-state index contributed by atoms with van der Waals surface area (Å²) in [5.41, 5.74) is 0. The molecule has 1 N–H and O–H groups in total. The lowest BCUT2D eigenvalue weighted by atomic mass is 9.83. The molecule has 4 unspecified atom stereocenters. The predicted molar refractivity (Wildman–Crippen MR) is 63.1 cm³/mol. The molecule has 0 aromatic rings. The van der Waals surface area contributed by atoms with Gasteiger partial charge in [0.1, 0.15) is 5.78 Å². The number of thioether (sulfide) groups is 1. The number of rotatable bonds is 2. The molecule has 0 aliphatic carbocycles. The summed E-state index contributed by atoms with van der Waals surface area (Å²) in [6.45, 7) is 0. The third kappa shape index (κ3) is 1.96. The zero-order chi connectivity index (χ0) is 10.3. The standard InChI is InChI=1S/C12H19NOS/c14-12-6-9-1-2-11(13-9)10(12)5-8-3-4-15-7-8/h8-11,13H,1-7H2. The first-order valence-electron chi connectivity index (χ1n) is 6.19. The normalized spacial score (nSPS) is 44.9. The monoisotopic (exact) mass is 225 g/mol. The maximum absolute atomic E-state index is 12.0. The Bertz CT molecular complexity index is 262. The van der Waals surface area contributed by atoms with Crippen LogP contribution < -0.4 is 5.32 Å². The molecule has 0 amide bonds. The molecule has 15 heavy (non-hydrogen) atoms. The van der Waals surface area contributed by atoms with E-state index < -0.39 is 0 Å². The van der Waals surface area contributed by atoms with E-state index in [1.165, 1.54) is 30.8 Å². The molecule has 3 heteroatoms. The van der Waals surface area contributed by atoms with Crippen LogP contribution in [0.3, 0.4) is 0 Å². The molecular formula is C12H19NOS. The van der Waals surface area contributed by atoms with Crippen molar-refractivity contribution in [3.8, 4) is 0 Å². The number of hydrogen-bond donors (Lipinski definition) is 1. The Hall–Kier alpha value is -0.0200. The van der Waals surface area contributed by atoms with Gasteiger partial charge in [0, 0.05) is 24.4 Å². The van der Waals surface area contributed by atoms with E-state index in [4.69, 9.17) is 0 Å². The van der Waals surface area contributed by atoms with Gasteiger partial charge in [0.15, 0.2) is 0 Å². The summed E-state index contributed by atoms with van der Waals surface area (Å²) < 4.78 is 0. The Kier molecular flexibility index (Phi) is 2.77. The lowest BCUT2D eigenvalue weighted by molar-refractivity contribution is -0.126. The Morgan fingerprint density at radius 2 is 2.27 bits per heavy atom. The van der Waals surface area contributed by atoms with Gasteiger partial charge >= 0.3 is 0 Å². The average molecular weight is 225 g/mol. The molecule has 3 aliphatic heterocycles. The predicted octanol–water partition coefficient (Wildman–Crippen LogP) is 1.84. The summed E-state index contributed by atoms with van der Waals surface area (Å²) in [6.07, 6.45) is 5.77. The molecular weight excluding hydrogens is 206 g/mol. The number of piperidine rings is 1. The van der Waals surface area contributed by atoms with E-state index in [0.29, 0.717) is 23.8 Å². The van der Waals surface area contributed by atoms with Gasteiger partial charge in [-0.25, -0.2) is 0 Å². The highest BCUT2D eigenvalue weighted by Gasteiger charge is 2.41. The number of carbonyl (C=O) groups excluding carboxylic acids is 1. The van der Waals surface area contributed by atoms with Crippen molar-refractivity contribution in [2.45, 2.75) is 44.2 Å². The second-order valence-corrected chi connectivity index (χ2v) is 6.44. The van der Waals surface area contributed by atoms with Crippen molar-refractivity contribution in [3.05, 3.63) is 0 Å². The van der Waals surface area contributed by atoms with Crippen LogP contribution in [0.4, 0.5) is 0 Å². The first-order valence-corrected chi connectivity index (χ1v) is 7.35. The van der Waals surface area contributed by atoms with Crippen molar-refractivity contribution in [3.63, 3.8) is 0 Å².